The third-order valence-electron chi connectivity index (χ3n) is 3.36. The molecule has 1 N–H and O–H groups in total. The van der Waals surface area contributed by atoms with Crippen LogP contribution in [-0.2, 0) is 5.92 Å². The smallest absolute Gasteiger partial charge is 0.289 e. The summed E-state index contributed by atoms with van der Waals surface area (Å²) in [5, 5.41) is 2.94. The minimum absolute atomic E-state index is 0.196. The molecule has 0 atom stereocenters. The molecule has 1 aromatic carbocycles. The monoisotopic (exact) mass is 329 g/mol. The highest BCUT2D eigenvalue weighted by atomic mass is 19.3. The van der Waals surface area contributed by atoms with E-state index in [4.69, 9.17) is 0 Å². The number of hydrogen-bond donors (Lipinski definition) is 1. The van der Waals surface area contributed by atoms with Gasteiger partial charge in [-0.1, -0.05) is 18.2 Å². The molecule has 122 valence electrons. The van der Waals surface area contributed by atoms with Crippen LogP contribution < -0.4 is 5.32 Å². The lowest BCUT2D eigenvalue weighted by atomic mass is 10.1. The highest BCUT2D eigenvalue weighted by molar-refractivity contribution is 5.67. The molecule has 0 fully saturated rings. The summed E-state index contributed by atoms with van der Waals surface area (Å²) in [6.07, 6.45) is 2.43. The van der Waals surface area contributed by atoms with Gasteiger partial charge < -0.3 is 5.32 Å². The van der Waals surface area contributed by atoms with Crippen molar-refractivity contribution in [3.8, 4) is 11.3 Å². The number of alkyl halides is 2. The molecule has 0 aliphatic heterocycles. The number of nitrogens with one attached hydrogen (secondary N) is 1. The Hall–Kier alpha value is -2.89. The van der Waals surface area contributed by atoms with Crippen LogP contribution in [-0.4, -0.2) is 9.97 Å². The van der Waals surface area contributed by atoms with Crippen LogP contribution in [0.2, 0.25) is 0 Å². The van der Waals surface area contributed by atoms with Gasteiger partial charge in [-0.15, -0.1) is 0 Å². The zero-order valence-electron chi connectivity index (χ0n) is 12.8. The van der Waals surface area contributed by atoms with Gasteiger partial charge in [0.05, 0.1) is 17.6 Å². The van der Waals surface area contributed by atoms with Crippen molar-refractivity contribution in [2.24, 2.45) is 0 Å². The highest BCUT2D eigenvalue weighted by Crippen LogP contribution is 2.34. The first-order chi connectivity index (χ1) is 11.4. The Labute approximate surface area is 137 Å². The molecule has 2 aromatic heterocycles. The molecular formula is C18H14F3N3. The van der Waals surface area contributed by atoms with Crippen molar-refractivity contribution >= 4 is 11.4 Å². The number of nitrogens with zero attached hydrogens (tertiary/aromatic N) is 2. The van der Waals surface area contributed by atoms with E-state index in [1.165, 1.54) is 18.3 Å². The average Bonchev–Trinajstić information content (AvgIpc) is 2.55. The van der Waals surface area contributed by atoms with E-state index in [-0.39, 0.29) is 11.4 Å². The van der Waals surface area contributed by atoms with Gasteiger partial charge in [0, 0.05) is 24.4 Å². The normalized spacial score (nSPS) is 11.3. The SMILES string of the molecule is CC(F)(F)c1nc(-c2cncc(F)c2)ccc1Nc1ccccc1. The van der Waals surface area contributed by atoms with Crippen molar-refractivity contribution in [1.29, 1.82) is 0 Å². The van der Waals surface area contributed by atoms with Crippen LogP contribution in [0.25, 0.3) is 11.3 Å². The lowest BCUT2D eigenvalue weighted by Gasteiger charge is -2.17. The maximum absolute atomic E-state index is 14.0. The molecule has 0 spiro atoms. The molecular weight excluding hydrogens is 315 g/mol. The first-order valence-corrected chi connectivity index (χ1v) is 7.26. The van der Waals surface area contributed by atoms with E-state index in [0.29, 0.717) is 11.3 Å². The molecule has 0 aliphatic carbocycles. The number of rotatable bonds is 4. The summed E-state index contributed by atoms with van der Waals surface area (Å²) >= 11 is 0. The fourth-order valence-corrected chi connectivity index (χ4v) is 2.28. The number of halogens is 3. The van der Waals surface area contributed by atoms with Gasteiger partial charge in [0.2, 0.25) is 0 Å². The van der Waals surface area contributed by atoms with Crippen LogP contribution >= 0.6 is 0 Å². The maximum atomic E-state index is 14.0. The summed E-state index contributed by atoms with van der Waals surface area (Å²) in [5.74, 6) is -3.71. The predicted octanol–water partition coefficient (Wildman–Crippen LogP) is 5.14. The summed E-state index contributed by atoms with van der Waals surface area (Å²) < 4.78 is 41.3. The van der Waals surface area contributed by atoms with Crippen molar-refractivity contribution in [3.63, 3.8) is 0 Å². The van der Waals surface area contributed by atoms with E-state index in [1.807, 2.05) is 6.07 Å². The fourth-order valence-electron chi connectivity index (χ4n) is 2.28. The molecule has 0 saturated heterocycles. The minimum atomic E-state index is -3.16. The molecule has 6 heteroatoms. The van der Waals surface area contributed by atoms with Crippen molar-refractivity contribution < 1.29 is 13.2 Å². The van der Waals surface area contributed by atoms with E-state index >= 15 is 0 Å². The Morgan fingerprint density at radius 3 is 2.42 bits per heavy atom. The predicted molar refractivity (Wildman–Crippen MR) is 86.7 cm³/mol. The Morgan fingerprint density at radius 1 is 1.00 bits per heavy atom. The van der Waals surface area contributed by atoms with Crippen molar-refractivity contribution in [2.75, 3.05) is 5.32 Å². The second kappa shape index (κ2) is 6.31. The molecule has 0 radical (unpaired) electrons. The van der Waals surface area contributed by atoms with Gasteiger partial charge in [0.15, 0.2) is 0 Å². The van der Waals surface area contributed by atoms with Crippen LogP contribution in [0.15, 0.2) is 60.9 Å². The first kappa shape index (κ1) is 16.0. The second-order valence-corrected chi connectivity index (χ2v) is 5.36. The molecule has 3 rings (SSSR count). The summed E-state index contributed by atoms with van der Waals surface area (Å²) in [7, 11) is 0. The van der Waals surface area contributed by atoms with Gasteiger partial charge in [-0.2, -0.15) is 8.78 Å². The molecule has 2 heterocycles. The third-order valence-corrected chi connectivity index (χ3v) is 3.36. The number of aromatic nitrogens is 2. The van der Waals surface area contributed by atoms with Crippen LogP contribution in [0.4, 0.5) is 24.5 Å². The Morgan fingerprint density at radius 2 is 1.75 bits per heavy atom. The molecule has 3 nitrogen and oxygen atoms in total. The Balaban J connectivity index is 2.04. The standard InChI is InChI=1S/C18H14F3N3/c1-18(20,21)17-16(23-14-5-3-2-4-6-14)8-7-15(24-17)12-9-13(19)11-22-10-12/h2-11,23H,1H3. The maximum Gasteiger partial charge on any atom is 0.289 e. The first-order valence-electron chi connectivity index (χ1n) is 7.26. The molecule has 0 unspecified atom stereocenters. The van der Waals surface area contributed by atoms with Gasteiger partial charge in [0.25, 0.3) is 5.92 Å². The van der Waals surface area contributed by atoms with Crippen LogP contribution in [0.5, 0.6) is 0 Å². The van der Waals surface area contributed by atoms with Gasteiger partial charge >= 0.3 is 0 Å². The van der Waals surface area contributed by atoms with E-state index in [1.54, 1.807) is 30.3 Å². The fraction of sp³-hybridized carbons (Fsp3) is 0.111. The number of anilines is 2. The Kier molecular flexibility index (Phi) is 4.20. The minimum Gasteiger partial charge on any atom is -0.354 e. The average molecular weight is 329 g/mol. The summed E-state index contributed by atoms with van der Waals surface area (Å²) in [6, 6.07) is 13.2. The van der Waals surface area contributed by atoms with Crippen LogP contribution in [0.1, 0.15) is 12.6 Å². The molecule has 0 aliphatic rings. The zero-order valence-corrected chi connectivity index (χ0v) is 12.8. The molecule has 0 amide bonds. The molecule has 3 aromatic rings. The number of hydrogen-bond acceptors (Lipinski definition) is 3. The zero-order chi connectivity index (χ0) is 17.2. The van der Waals surface area contributed by atoms with Crippen LogP contribution in [0.3, 0.4) is 0 Å². The number of pyridine rings is 2. The van der Waals surface area contributed by atoms with Gasteiger partial charge in [-0.3, -0.25) is 4.98 Å². The van der Waals surface area contributed by atoms with E-state index in [9.17, 15) is 13.2 Å². The molecule has 0 bridgehead atoms. The quantitative estimate of drug-likeness (QED) is 0.720. The molecule has 24 heavy (non-hydrogen) atoms. The summed E-state index contributed by atoms with van der Waals surface area (Å²) in [5.41, 5.74) is 1.03. The van der Waals surface area contributed by atoms with Gasteiger partial charge in [-0.05, 0) is 30.3 Å². The lowest BCUT2D eigenvalue weighted by Crippen LogP contribution is -2.13. The summed E-state index contributed by atoms with van der Waals surface area (Å²) in [6.45, 7) is 0.777. The highest BCUT2D eigenvalue weighted by Gasteiger charge is 2.30. The largest absolute Gasteiger partial charge is 0.354 e. The van der Waals surface area contributed by atoms with Gasteiger partial charge in [-0.25, -0.2) is 9.37 Å². The van der Waals surface area contributed by atoms with Crippen molar-refractivity contribution in [1.82, 2.24) is 9.97 Å². The van der Waals surface area contributed by atoms with E-state index in [2.05, 4.69) is 15.3 Å². The Bertz CT molecular complexity index is 846. The van der Waals surface area contributed by atoms with E-state index < -0.39 is 17.4 Å². The van der Waals surface area contributed by atoms with E-state index in [0.717, 1.165) is 13.1 Å². The number of benzene rings is 1. The van der Waals surface area contributed by atoms with Gasteiger partial charge in [0.1, 0.15) is 11.5 Å². The van der Waals surface area contributed by atoms with Crippen molar-refractivity contribution in [3.05, 3.63) is 72.4 Å². The lowest BCUT2D eigenvalue weighted by molar-refractivity contribution is 0.0137. The molecule has 0 saturated carbocycles. The van der Waals surface area contributed by atoms with Crippen molar-refractivity contribution in [2.45, 2.75) is 12.8 Å². The number of para-hydroxylation sites is 1. The topological polar surface area (TPSA) is 37.8 Å². The third kappa shape index (κ3) is 3.53. The summed E-state index contributed by atoms with van der Waals surface area (Å²) in [4.78, 5) is 7.76. The van der Waals surface area contributed by atoms with Crippen LogP contribution in [0, 0.1) is 5.82 Å². The second-order valence-electron chi connectivity index (χ2n) is 5.36.